The van der Waals surface area contributed by atoms with Gasteiger partial charge in [-0.15, -0.1) is 0 Å². The van der Waals surface area contributed by atoms with Crippen LogP contribution in [0.5, 0.6) is 0 Å². The van der Waals surface area contributed by atoms with Crippen LogP contribution in [0.25, 0.3) is 10.8 Å². The van der Waals surface area contributed by atoms with Crippen LogP contribution in [0.4, 0.5) is 5.69 Å². The molecule has 0 aliphatic carbocycles. The minimum atomic E-state index is -4.20. The molecule has 1 aliphatic heterocycles. The third kappa shape index (κ3) is 5.92. The van der Waals surface area contributed by atoms with Crippen LogP contribution in [0.1, 0.15) is 38.9 Å². The van der Waals surface area contributed by atoms with Gasteiger partial charge in [0.2, 0.25) is 0 Å². The normalized spacial score (nSPS) is 15.7. The van der Waals surface area contributed by atoms with Gasteiger partial charge in [-0.25, -0.2) is 8.42 Å². The summed E-state index contributed by atoms with van der Waals surface area (Å²) in [6.45, 7) is 4.64. The second kappa shape index (κ2) is 9.72. The number of nitrogens with zero attached hydrogens (tertiary/aromatic N) is 1. The van der Waals surface area contributed by atoms with Crippen molar-refractivity contribution in [3.05, 3.63) is 82.5 Å². The van der Waals surface area contributed by atoms with Gasteiger partial charge in [0.05, 0.1) is 16.8 Å². The van der Waals surface area contributed by atoms with Gasteiger partial charge in [0, 0.05) is 16.5 Å². The number of esters is 1. The molecule has 3 aromatic carbocycles. The number of benzene rings is 3. The summed E-state index contributed by atoms with van der Waals surface area (Å²) in [6, 6.07) is 15.1. The lowest BCUT2D eigenvalue weighted by Crippen LogP contribution is -2.39. The maximum atomic E-state index is 13.7. The Balaban J connectivity index is 1.76. The van der Waals surface area contributed by atoms with E-state index in [0.29, 0.717) is 5.69 Å². The first-order valence-electron chi connectivity index (χ1n) is 11.0. The second-order valence-corrected chi connectivity index (χ2v) is 12.0. The average Bonchev–Trinajstić information content (AvgIpc) is 3.30. The van der Waals surface area contributed by atoms with E-state index in [1.807, 2.05) is 30.3 Å². The van der Waals surface area contributed by atoms with Crippen molar-refractivity contribution in [1.29, 1.82) is 0 Å². The van der Waals surface area contributed by atoms with Gasteiger partial charge in [-0.05, 0) is 79.6 Å². The van der Waals surface area contributed by atoms with E-state index in [-0.39, 0.29) is 21.0 Å². The Morgan fingerprint density at radius 1 is 1.03 bits per heavy atom. The molecule has 6 nitrogen and oxygen atoms in total. The molecule has 0 N–H and O–H groups in total. The van der Waals surface area contributed by atoms with Crippen LogP contribution in [0.2, 0.25) is 10.0 Å². The predicted molar refractivity (Wildman–Crippen MR) is 138 cm³/mol. The molecule has 0 fully saturated rings. The Morgan fingerprint density at radius 3 is 2.31 bits per heavy atom. The molecule has 3 aromatic rings. The molecule has 0 bridgehead atoms. The Kier molecular flexibility index (Phi) is 7.04. The summed E-state index contributed by atoms with van der Waals surface area (Å²) < 4.78 is 39.4. The molecule has 0 spiro atoms. The highest BCUT2D eigenvalue weighted by atomic mass is 35.5. The number of carbonyl (C=O) groups excluding carboxylic acids is 1. The van der Waals surface area contributed by atoms with Crippen LogP contribution >= 0.6 is 23.2 Å². The van der Waals surface area contributed by atoms with Gasteiger partial charge >= 0.3 is 5.97 Å². The number of hydrogen-bond donors (Lipinski definition) is 0. The largest absolute Gasteiger partial charge is 0.493 e. The highest BCUT2D eigenvalue weighted by Gasteiger charge is 2.30. The predicted octanol–water partition coefficient (Wildman–Crippen LogP) is 6.66. The van der Waals surface area contributed by atoms with E-state index in [1.54, 1.807) is 39.2 Å². The molecule has 0 aromatic heterocycles. The molecule has 1 unspecified atom stereocenters. The van der Waals surface area contributed by atoms with Gasteiger partial charge in [-0.2, -0.15) is 0 Å². The standard InChI is InChI=1S/C26H25Cl2NO5S/c1-26(2,3)34-25(30)16-29(35(31,32)23-14-20(27)13-21(28)15-23)22-9-8-17-11-19(7-6-18(17)12-22)24-5-4-10-33-24/h4,6-15,24H,5,16H2,1-3H3. The molecular weight excluding hydrogens is 509 g/mol. The SMILES string of the molecule is CC(C)(C)OC(=O)CN(c1ccc2cc(C3CC=CO3)ccc2c1)S(=O)(=O)c1cc(Cl)cc(Cl)c1. The number of ether oxygens (including phenoxy) is 2. The van der Waals surface area contributed by atoms with Gasteiger partial charge in [-0.3, -0.25) is 9.10 Å². The third-order valence-corrected chi connectivity index (χ3v) is 7.50. The Hall–Kier alpha value is -2.74. The number of carbonyl (C=O) groups is 1. The lowest BCUT2D eigenvalue weighted by molar-refractivity contribution is -0.152. The van der Waals surface area contributed by atoms with E-state index >= 15 is 0 Å². The van der Waals surface area contributed by atoms with Crippen molar-refractivity contribution in [3.63, 3.8) is 0 Å². The molecular formula is C26H25Cl2NO5S. The van der Waals surface area contributed by atoms with Gasteiger partial charge < -0.3 is 9.47 Å². The Morgan fingerprint density at radius 2 is 1.69 bits per heavy atom. The van der Waals surface area contributed by atoms with Crippen LogP contribution in [-0.4, -0.2) is 26.5 Å². The van der Waals surface area contributed by atoms with Crippen molar-refractivity contribution in [2.45, 2.75) is 43.8 Å². The minimum absolute atomic E-state index is 0.0318. The van der Waals surface area contributed by atoms with E-state index in [4.69, 9.17) is 32.7 Å². The van der Waals surface area contributed by atoms with Crippen molar-refractivity contribution in [2.24, 2.45) is 0 Å². The van der Waals surface area contributed by atoms with E-state index in [9.17, 15) is 13.2 Å². The van der Waals surface area contributed by atoms with Crippen molar-refractivity contribution in [2.75, 3.05) is 10.8 Å². The number of sulfonamides is 1. The second-order valence-electron chi connectivity index (χ2n) is 9.23. The lowest BCUT2D eigenvalue weighted by atomic mass is 10.0. The fourth-order valence-electron chi connectivity index (χ4n) is 3.82. The average molecular weight is 534 g/mol. The molecule has 0 saturated heterocycles. The molecule has 0 amide bonds. The quantitative estimate of drug-likeness (QED) is 0.331. The van der Waals surface area contributed by atoms with E-state index in [0.717, 1.165) is 27.1 Å². The van der Waals surface area contributed by atoms with E-state index < -0.39 is 28.1 Å². The molecule has 4 rings (SSSR count). The molecule has 1 atom stereocenters. The van der Waals surface area contributed by atoms with Crippen LogP contribution < -0.4 is 4.31 Å². The highest BCUT2D eigenvalue weighted by Crippen LogP contribution is 2.33. The van der Waals surface area contributed by atoms with E-state index in [2.05, 4.69) is 0 Å². The highest BCUT2D eigenvalue weighted by molar-refractivity contribution is 7.92. The molecule has 35 heavy (non-hydrogen) atoms. The number of fused-ring (bicyclic) bond motifs is 1. The van der Waals surface area contributed by atoms with Gasteiger partial charge in [0.25, 0.3) is 10.0 Å². The maximum Gasteiger partial charge on any atom is 0.327 e. The smallest absolute Gasteiger partial charge is 0.327 e. The molecule has 0 radical (unpaired) electrons. The summed E-state index contributed by atoms with van der Waals surface area (Å²) >= 11 is 12.1. The third-order valence-electron chi connectivity index (χ3n) is 5.31. The van der Waals surface area contributed by atoms with Crippen LogP contribution in [0.3, 0.4) is 0 Å². The number of rotatable bonds is 6. The van der Waals surface area contributed by atoms with E-state index in [1.165, 1.54) is 18.2 Å². The molecule has 1 heterocycles. The number of halogens is 2. The van der Waals surface area contributed by atoms with Gasteiger partial charge in [0.15, 0.2) is 0 Å². The summed E-state index contributed by atoms with van der Waals surface area (Å²) in [5.41, 5.74) is 0.566. The van der Waals surface area contributed by atoms with Crippen molar-refractivity contribution >= 4 is 55.7 Å². The first-order chi connectivity index (χ1) is 16.4. The Bertz CT molecular complexity index is 1380. The summed E-state index contributed by atoms with van der Waals surface area (Å²) in [4.78, 5) is 12.6. The van der Waals surface area contributed by atoms with Crippen molar-refractivity contribution in [1.82, 2.24) is 0 Å². The van der Waals surface area contributed by atoms with Crippen molar-refractivity contribution < 1.29 is 22.7 Å². The van der Waals surface area contributed by atoms with Gasteiger partial charge in [0.1, 0.15) is 18.2 Å². The zero-order chi connectivity index (χ0) is 25.4. The van der Waals surface area contributed by atoms with Crippen molar-refractivity contribution in [3.8, 4) is 0 Å². The number of hydrogen-bond acceptors (Lipinski definition) is 5. The number of anilines is 1. The molecule has 9 heteroatoms. The fourth-order valence-corrected chi connectivity index (χ4v) is 5.95. The summed E-state index contributed by atoms with van der Waals surface area (Å²) in [7, 11) is -4.20. The minimum Gasteiger partial charge on any atom is -0.493 e. The van der Waals surface area contributed by atoms with Crippen LogP contribution in [-0.2, 0) is 24.3 Å². The van der Waals surface area contributed by atoms with Crippen LogP contribution in [0, 0.1) is 0 Å². The lowest BCUT2D eigenvalue weighted by Gasteiger charge is -2.27. The monoisotopic (exact) mass is 533 g/mol. The first-order valence-corrected chi connectivity index (χ1v) is 13.2. The topological polar surface area (TPSA) is 72.9 Å². The summed E-state index contributed by atoms with van der Waals surface area (Å²) in [6.07, 6.45) is 4.43. The first kappa shape index (κ1) is 25.4. The summed E-state index contributed by atoms with van der Waals surface area (Å²) in [5, 5.41) is 2.07. The van der Waals surface area contributed by atoms with Gasteiger partial charge in [-0.1, -0.05) is 41.4 Å². The molecule has 0 saturated carbocycles. The fraction of sp³-hybridized carbons (Fsp3) is 0.269. The summed E-state index contributed by atoms with van der Waals surface area (Å²) in [5.74, 6) is -0.685. The molecule has 1 aliphatic rings. The Labute approximate surface area is 215 Å². The zero-order valence-corrected chi connectivity index (χ0v) is 21.8. The molecule has 184 valence electrons. The maximum absolute atomic E-state index is 13.7. The zero-order valence-electron chi connectivity index (χ0n) is 19.5. The van der Waals surface area contributed by atoms with Crippen LogP contribution in [0.15, 0.2) is 71.8 Å².